The molecule has 0 aliphatic carbocycles. The average Bonchev–Trinajstić information content (AvgIpc) is 3.40. The predicted molar refractivity (Wildman–Crippen MR) is 122 cm³/mol. The van der Waals surface area contributed by atoms with Crippen molar-refractivity contribution in [2.75, 3.05) is 32.8 Å². The number of benzene rings is 1. The Morgan fingerprint density at radius 2 is 2.20 bits per heavy atom. The molecule has 2 fully saturated rings. The maximum absolute atomic E-state index is 13.9. The lowest BCUT2D eigenvalue weighted by Gasteiger charge is -2.46. The number of aromatic nitrogens is 5. The highest BCUT2D eigenvalue weighted by Crippen LogP contribution is 2.31. The summed E-state index contributed by atoms with van der Waals surface area (Å²) < 4.78 is 21.5. The van der Waals surface area contributed by atoms with Crippen LogP contribution < -0.4 is 0 Å². The van der Waals surface area contributed by atoms with Crippen LogP contribution in [-0.4, -0.2) is 79.7 Å². The monoisotopic (exact) mass is 496 g/mol. The fourth-order valence-corrected chi connectivity index (χ4v) is 4.85. The lowest BCUT2D eigenvalue weighted by molar-refractivity contribution is -0.139. The van der Waals surface area contributed by atoms with Crippen molar-refractivity contribution in [2.45, 2.75) is 25.5 Å². The average molecular weight is 497 g/mol. The normalized spacial score (nSPS) is 20.3. The van der Waals surface area contributed by atoms with Crippen LogP contribution in [0.4, 0.5) is 4.39 Å². The van der Waals surface area contributed by atoms with Crippen LogP contribution in [0.2, 0.25) is 5.02 Å². The molecule has 10 nitrogen and oxygen atoms in total. The van der Waals surface area contributed by atoms with Gasteiger partial charge >= 0.3 is 0 Å². The van der Waals surface area contributed by atoms with E-state index in [4.69, 9.17) is 16.3 Å². The molecule has 2 aromatic heterocycles. The minimum Gasteiger partial charge on any atom is -0.370 e. The number of fused-ring (bicyclic) bond motifs is 1. The molecule has 2 aliphatic heterocycles. The minimum atomic E-state index is -0.519. The molecule has 5 rings (SSSR count). The minimum absolute atomic E-state index is 0.0515. The van der Waals surface area contributed by atoms with Crippen LogP contribution >= 0.6 is 11.6 Å². The van der Waals surface area contributed by atoms with Gasteiger partial charge in [0.2, 0.25) is 5.91 Å². The Kier molecular flexibility index (Phi) is 6.42. The highest BCUT2D eigenvalue weighted by atomic mass is 35.5. The van der Waals surface area contributed by atoms with Crippen molar-refractivity contribution < 1.29 is 13.9 Å². The molecule has 35 heavy (non-hydrogen) atoms. The molecule has 180 valence electrons. The lowest BCUT2D eigenvalue weighted by atomic mass is 9.96. The Balaban J connectivity index is 1.21. The van der Waals surface area contributed by atoms with E-state index in [2.05, 4.69) is 25.4 Å². The molecule has 0 spiro atoms. The second-order valence-electron chi connectivity index (χ2n) is 8.61. The third kappa shape index (κ3) is 4.60. The highest BCUT2D eigenvalue weighted by Gasteiger charge is 2.36. The number of tetrazole rings is 1. The molecule has 1 amide bonds. The van der Waals surface area contributed by atoms with E-state index in [-0.39, 0.29) is 30.0 Å². The third-order valence-electron chi connectivity index (χ3n) is 6.60. The Morgan fingerprint density at radius 3 is 2.94 bits per heavy atom. The maximum atomic E-state index is 13.9. The van der Waals surface area contributed by atoms with Gasteiger partial charge in [-0.3, -0.25) is 14.7 Å². The Hall–Kier alpha value is -3.46. The Bertz CT molecular complexity index is 1300. The van der Waals surface area contributed by atoms with Crippen molar-refractivity contribution in [3.8, 4) is 11.8 Å². The van der Waals surface area contributed by atoms with Crippen LogP contribution in [0.5, 0.6) is 0 Å². The summed E-state index contributed by atoms with van der Waals surface area (Å²) in [6.07, 6.45) is 2.86. The number of ether oxygens (including phenoxy) is 1. The highest BCUT2D eigenvalue weighted by molar-refractivity contribution is 6.31. The van der Waals surface area contributed by atoms with Gasteiger partial charge in [-0.05, 0) is 40.6 Å². The zero-order valence-electron chi connectivity index (χ0n) is 18.9. The Labute approximate surface area is 205 Å². The van der Waals surface area contributed by atoms with Gasteiger partial charge in [0.25, 0.3) is 0 Å². The number of nitrogens with zero attached hydrogens (tertiary/aromatic N) is 8. The largest absolute Gasteiger partial charge is 0.370 e. The molecule has 4 heterocycles. The van der Waals surface area contributed by atoms with Crippen LogP contribution in [0.3, 0.4) is 0 Å². The molecule has 0 radical (unpaired) electrons. The number of hydrogen-bond acceptors (Lipinski definition) is 8. The van der Waals surface area contributed by atoms with Gasteiger partial charge in [0.15, 0.2) is 0 Å². The van der Waals surface area contributed by atoms with Crippen LogP contribution in [0.1, 0.15) is 28.5 Å². The van der Waals surface area contributed by atoms with E-state index in [0.717, 1.165) is 5.56 Å². The predicted octanol–water partition coefficient (Wildman–Crippen LogP) is 1.86. The molecule has 3 aromatic rings. The lowest BCUT2D eigenvalue weighted by Crippen LogP contribution is -2.59. The van der Waals surface area contributed by atoms with Crippen LogP contribution in [0, 0.1) is 24.1 Å². The van der Waals surface area contributed by atoms with E-state index in [9.17, 15) is 14.4 Å². The van der Waals surface area contributed by atoms with Gasteiger partial charge < -0.3 is 9.64 Å². The van der Waals surface area contributed by atoms with E-state index in [1.54, 1.807) is 25.3 Å². The van der Waals surface area contributed by atoms with Gasteiger partial charge in [-0.15, -0.1) is 5.10 Å². The van der Waals surface area contributed by atoms with Gasteiger partial charge in [-0.25, -0.2) is 4.39 Å². The number of amides is 1. The first-order valence-corrected chi connectivity index (χ1v) is 11.5. The SMILES string of the molecule is Cc1c([C@@H]2CN3CCN(C(=O)Cc4ncc(-n5cnnn5)cc4Cl)C[C@@H]3CO2)ccc(F)c1C#N. The van der Waals surface area contributed by atoms with E-state index >= 15 is 0 Å². The van der Waals surface area contributed by atoms with Crippen LogP contribution in [-0.2, 0) is 16.0 Å². The van der Waals surface area contributed by atoms with Crippen molar-refractivity contribution in [2.24, 2.45) is 0 Å². The molecule has 0 N–H and O–H groups in total. The van der Waals surface area contributed by atoms with Crippen molar-refractivity contribution in [1.82, 2.24) is 35.0 Å². The second kappa shape index (κ2) is 9.65. The van der Waals surface area contributed by atoms with Gasteiger partial charge in [0.05, 0.1) is 53.3 Å². The smallest absolute Gasteiger partial charge is 0.228 e. The quantitative estimate of drug-likeness (QED) is 0.538. The molecule has 0 saturated carbocycles. The zero-order valence-corrected chi connectivity index (χ0v) is 19.7. The second-order valence-corrected chi connectivity index (χ2v) is 9.02. The summed E-state index contributed by atoms with van der Waals surface area (Å²) in [6.45, 7) is 4.62. The first-order valence-electron chi connectivity index (χ1n) is 11.1. The first-order chi connectivity index (χ1) is 16.9. The number of pyridine rings is 1. The maximum Gasteiger partial charge on any atom is 0.228 e. The number of morpholine rings is 1. The zero-order chi connectivity index (χ0) is 24.5. The molecule has 2 aliphatic rings. The van der Waals surface area contributed by atoms with Gasteiger partial charge in [-0.2, -0.15) is 9.94 Å². The van der Waals surface area contributed by atoms with Crippen molar-refractivity contribution in [3.63, 3.8) is 0 Å². The Morgan fingerprint density at radius 1 is 1.34 bits per heavy atom. The molecular weight excluding hydrogens is 475 g/mol. The van der Waals surface area contributed by atoms with E-state index < -0.39 is 5.82 Å². The van der Waals surface area contributed by atoms with Crippen molar-refractivity contribution >= 4 is 17.5 Å². The van der Waals surface area contributed by atoms with E-state index in [1.807, 2.05) is 11.0 Å². The first kappa shape index (κ1) is 23.3. The van der Waals surface area contributed by atoms with E-state index in [0.29, 0.717) is 54.8 Å². The molecular formula is C23H22ClFN8O2. The molecule has 0 bridgehead atoms. The van der Waals surface area contributed by atoms with Gasteiger partial charge in [0.1, 0.15) is 18.2 Å². The number of nitriles is 1. The van der Waals surface area contributed by atoms with Crippen molar-refractivity contribution in [1.29, 1.82) is 5.26 Å². The molecule has 2 atom stereocenters. The number of rotatable bonds is 4. The number of piperazine rings is 1. The molecule has 12 heteroatoms. The summed E-state index contributed by atoms with van der Waals surface area (Å²) in [7, 11) is 0. The standard InChI is InChI=1S/C23H22ClFN8O2/c1-14-17(2-3-20(25)18(14)8-26)22-11-31-4-5-32(10-16(31)12-35-22)23(34)7-21-19(24)6-15(9-27-21)33-13-28-29-30-33/h2-3,6,9,13,16,22H,4-5,7,10-12H2,1H3/t16-,22+/m1/s1. The molecule has 1 aromatic carbocycles. The van der Waals surface area contributed by atoms with Gasteiger partial charge in [-0.1, -0.05) is 17.7 Å². The third-order valence-corrected chi connectivity index (χ3v) is 6.92. The summed E-state index contributed by atoms with van der Waals surface area (Å²) in [5.41, 5.74) is 2.60. The van der Waals surface area contributed by atoms with Gasteiger partial charge in [0, 0.05) is 26.2 Å². The molecule has 2 saturated heterocycles. The number of halogens is 2. The van der Waals surface area contributed by atoms with E-state index in [1.165, 1.54) is 17.1 Å². The summed E-state index contributed by atoms with van der Waals surface area (Å²) >= 11 is 6.37. The van der Waals surface area contributed by atoms with Crippen molar-refractivity contribution in [3.05, 3.63) is 63.9 Å². The molecule has 0 unspecified atom stereocenters. The topological polar surface area (TPSA) is 113 Å². The summed E-state index contributed by atoms with van der Waals surface area (Å²) in [5, 5.41) is 20.6. The number of hydrogen-bond donors (Lipinski definition) is 0. The number of carbonyl (C=O) groups is 1. The summed E-state index contributed by atoms with van der Waals surface area (Å²) in [5.74, 6) is -0.571. The summed E-state index contributed by atoms with van der Waals surface area (Å²) in [4.78, 5) is 21.5. The fourth-order valence-electron chi connectivity index (χ4n) is 4.63. The summed E-state index contributed by atoms with van der Waals surface area (Å²) in [6, 6.07) is 6.69. The van der Waals surface area contributed by atoms with Crippen LogP contribution in [0.25, 0.3) is 5.69 Å². The fraction of sp³-hybridized carbons (Fsp3) is 0.391. The van der Waals surface area contributed by atoms with Crippen LogP contribution in [0.15, 0.2) is 30.7 Å². The number of carbonyl (C=O) groups excluding carboxylic acids is 1.